The van der Waals surface area contributed by atoms with Gasteiger partial charge in [-0.15, -0.1) is 0 Å². The molecule has 0 aromatic heterocycles. The number of amides is 1. The first-order valence-corrected chi connectivity index (χ1v) is 8.81. The molecule has 23 heavy (non-hydrogen) atoms. The van der Waals surface area contributed by atoms with Crippen molar-refractivity contribution in [2.45, 2.75) is 62.9 Å². The van der Waals surface area contributed by atoms with Crippen molar-refractivity contribution in [2.24, 2.45) is 0 Å². The minimum absolute atomic E-state index is 0.181. The van der Waals surface area contributed by atoms with Crippen LogP contribution < -0.4 is 0 Å². The average molecular weight is 317 g/mol. The molecule has 4 heteroatoms. The van der Waals surface area contributed by atoms with Crippen molar-refractivity contribution >= 4 is 6.09 Å². The summed E-state index contributed by atoms with van der Waals surface area (Å²) in [5.41, 5.74) is 1.70. The summed E-state index contributed by atoms with van der Waals surface area (Å²) < 4.78 is 0. The Morgan fingerprint density at radius 3 is 2.57 bits per heavy atom. The molecule has 2 aliphatic rings. The molecule has 2 aliphatic carbocycles. The predicted molar refractivity (Wildman–Crippen MR) is 89.7 cm³/mol. The van der Waals surface area contributed by atoms with Gasteiger partial charge in [0.1, 0.15) is 0 Å². The van der Waals surface area contributed by atoms with Crippen LogP contribution in [0, 0.1) is 0 Å². The molecule has 0 bridgehead atoms. The van der Waals surface area contributed by atoms with Gasteiger partial charge >= 0.3 is 6.09 Å². The lowest BCUT2D eigenvalue weighted by Gasteiger charge is -2.50. The van der Waals surface area contributed by atoms with Crippen LogP contribution >= 0.6 is 0 Å². The van der Waals surface area contributed by atoms with Gasteiger partial charge in [-0.05, 0) is 50.2 Å². The molecule has 2 N–H and O–H groups in total. The van der Waals surface area contributed by atoms with E-state index in [4.69, 9.17) is 0 Å². The minimum Gasteiger partial charge on any atom is -0.465 e. The van der Waals surface area contributed by atoms with Gasteiger partial charge in [0, 0.05) is 18.5 Å². The molecule has 4 nitrogen and oxygen atoms in total. The smallest absolute Gasteiger partial charge is 0.407 e. The number of rotatable bonds is 4. The van der Waals surface area contributed by atoms with Crippen molar-refractivity contribution in [3.8, 4) is 0 Å². The van der Waals surface area contributed by atoms with Crippen LogP contribution in [0.4, 0.5) is 4.79 Å². The number of carboxylic acid groups (broad SMARTS) is 1. The van der Waals surface area contributed by atoms with Gasteiger partial charge < -0.3 is 15.1 Å². The van der Waals surface area contributed by atoms with Crippen LogP contribution in [0.2, 0.25) is 0 Å². The fourth-order valence-corrected chi connectivity index (χ4v) is 4.82. The topological polar surface area (TPSA) is 60.8 Å². The molecule has 1 atom stereocenters. The Balaban J connectivity index is 1.90. The van der Waals surface area contributed by atoms with Crippen molar-refractivity contribution in [1.29, 1.82) is 0 Å². The van der Waals surface area contributed by atoms with Crippen molar-refractivity contribution in [1.82, 2.24) is 4.90 Å². The van der Waals surface area contributed by atoms with E-state index in [0.717, 1.165) is 38.5 Å². The molecular formula is C19H27NO3. The third-order valence-electron chi connectivity index (χ3n) is 6.14. The third-order valence-corrected chi connectivity index (χ3v) is 6.14. The van der Waals surface area contributed by atoms with Crippen LogP contribution in [0.1, 0.15) is 56.6 Å². The molecular weight excluding hydrogens is 290 g/mol. The minimum atomic E-state index is -0.896. The van der Waals surface area contributed by atoms with E-state index < -0.39 is 11.7 Å². The van der Waals surface area contributed by atoms with Gasteiger partial charge in [0.15, 0.2) is 0 Å². The number of aryl methyl sites for hydroxylation is 1. The number of fused-ring (bicyclic) bond motifs is 2. The van der Waals surface area contributed by atoms with E-state index in [9.17, 15) is 15.0 Å². The molecule has 0 heterocycles. The van der Waals surface area contributed by atoms with Gasteiger partial charge in [-0.3, -0.25) is 0 Å². The summed E-state index contributed by atoms with van der Waals surface area (Å²) in [4.78, 5) is 12.7. The van der Waals surface area contributed by atoms with Crippen LogP contribution in [0.15, 0.2) is 24.3 Å². The number of hydrogen-bond donors (Lipinski definition) is 2. The number of nitrogens with zero attached hydrogens (tertiary/aromatic N) is 1. The second-order valence-electron chi connectivity index (χ2n) is 7.09. The Morgan fingerprint density at radius 1 is 1.22 bits per heavy atom. The van der Waals surface area contributed by atoms with Gasteiger partial charge in [0.25, 0.3) is 0 Å². The van der Waals surface area contributed by atoms with E-state index >= 15 is 0 Å². The van der Waals surface area contributed by atoms with Gasteiger partial charge in [0.2, 0.25) is 0 Å². The first-order chi connectivity index (χ1) is 11.0. The normalized spacial score (nSPS) is 25.3. The predicted octanol–water partition coefficient (Wildman–Crippen LogP) is 3.57. The maximum Gasteiger partial charge on any atom is 0.407 e. The summed E-state index contributed by atoms with van der Waals surface area (Å²) in [5, 5.41) is 20.8. The van der Waals surface area contributed by atoms with Gasteiger partial charge in [-0.2, -0.15) is 0 Å². The standard InChI is InChI=1S/C19H27NO3/c1-2-20(17(21)22)14-13-19(23)12-9-15-7-3-4-8-16(15)18(19)10-5-6-11-18/h3-4,7-8,23H,2,5-6,9-14H2,1H3,(H,21,22). The SMILES string of the molecule is CCN(CCC1(O)CCc2ccccc2C12CCCC2)C(=O)O. The molecule has 0 saturated heterocycles. The monoisotopic (exact) mass is 317 g/mol. The number of aliphatic hydroxyl groups is 1. The largest absolute Gasteiger partial charge is 0.465 e. The maximum absolute atomic E-state index is 11.6. The van der Waals surface area contributed by atoms with Crippen molar-refractivity contribution < 1.29 is 15.0 Å². The van der Waals surface area contributed by atoms with Crippen LogP contribution in [-0.4, -0.2) is 39.9 Å². The molecule has 0 aliphatic heterocycles. The molecule has 1 saturated carbocycles. The lowest BCUT2D eigenvalue weighted by atomic mass is 9.58. The first-order valence-electron chi connectivity index (χ1n) is 8.81. The first kappa shape index (κ1) is 16.3. The summed E-state index contributed by atoms with van der Waals surface area (Å²) in [5.74, 6) is 0. The van der Waals surface area contributed by atoms with Crippen LogP contribution in [0.5, 0.6) is 0 Å². The molecule has 1 fully saturated rings. The lowest BCUT2D eigenvalue weighted by molar-refractivity contribution is -0.0639. The third kappa shape index (κ3) is 2.63. The van der Waals surface area contributed by atoms with E-state index in [-0.39, 0.29) is 5.41 Å². The average Bonchev–Trinajstić information content (AvgIpc) is 3.03. The second kappa shape index (κ2) is 6.16. The van der Waals surface area contributed by atoms with Crippen LogP contribution in [0.25, 0.3) is 0 Å². The summed E-state index contributed by atoms with van der Waals surface area (Å²) in [6, 6.07) is 8.51. The fourth-order valence-electron chi connectivity index (χ4n) is 4.82. The second-order valence-corrected chi connectivity index (χ2v) is 7.09. The zero-order valence-electron chi connectivity index (χ0n) is 13.9. The quantitative estimate of drug-likeness (QED) is 0.892. The van der Waals surface area contributed by atoms with Gasteiger partial charge in [-0.1, -0.05) is 37.1 Å². The van der Waals surface area contributed by atoms with Crippen LogP contribution in [-0.2, 0) is 11.8 Å². The molecule has 126 valence electrons. The molecule has 0 radical (unpaired) electrons. The Kier molecular flexibility index (Phi) is 4.37. The van der Waals surface area contributed by atoms with E-state index in [1.807, 2.05) is 6.92 Å². The van der Waals surface area contributed by atoms with Crippen molar-refractivity contribution in [3.05, 3.63) is 35.4 Å². The molecule has 1 spiro atoms. The molecule has 1 aromatic rings. The Labute approximate surface area is 138 Å². The van der Waals surface area contributed by atoms with Gasteiger partial charge in [0.05, 0.1) is 5.60 Å². The summed E-state index contributed by atoms with van der Waals surface area (Å²) in [7, 11) is 0. The van der Waals surface area contributed by atoms with E-state index in [1.165, 1.54) is 16.0 Å². The highest BCUT2D eigenvalue weighted by molar-refractivity contribution is 5.64. The molecule has 3 rings (SSSR count). The number of hydrogen-bond acceptors (Lipinski definition) is 2. The summed E-state index contributed by atoms with van der Waals surface area (Å²) in [6.07, 6.45) is 5.57. The van der Waals surface area contributed by atoms with E-state index in [2.05, 4.69) is 24.3 Å². The molecule has 1 unspecified atom stereocenters. The maximum atomic E-state index is 11.6. The Bertz CT molecular complexity index is 580. The zero-order valence-corrected chi connectivity index (χ0v) is 13.9. The lowest BCUT2D eigenvalue weighted by Crippen LogP contribution is -2.55. The van der Waals surface area contributed by atoms with Crippen LogP contribution in [0.3, 0.4) is 0 Å². The summed E-state index contributed by atoms with van der Waals surface area (Å²) >= 11 is 0. The zero-order chi connectivity index (χ0) is 16.5. The Hall–Kier alpha value is -1.55. The fraction of sp³-hybridized carbons (Fsp3) is 0.632. The summed E-state index contributed by atoms with van der Waals surface area (Å²) in [6.45, 7) is 2.72. The Morgan fingerprint density at radius 2 is 1.91 bits per heavy atom. The van der Waals surface area contributed by atoms with E-state index in [1.54, 1.807) is 0 Å². The molecule has 1 aromatic carbocycles. The van der Waals surface area contributed by atoms with Gasteiger partial charge in [-0.25, -0.2) is 4.79 Å². The highest BCUT2D eigenvalue weighted by Crippen LogP contribution is 2.55. The highest BCUT2D eigenvalue weighted by Gasteiger charge is 2.54. The van der Waals surface area contributed by atoms with Crippen molar-refractivity contribution in [3.63, 3.8) is 0 Å². The number of carbonyl (C=O) groups is 1. The van der Waals surface area contributed by atoms with Crippen molar-refractivity contribution in [2.75, 3.05) is 13.1 Å². The molecule has 1 amide bonds. The highest BCUT2D eigenvalue weighted by atomic mass is 16.4. The van der Waals surface area contributed by atoms with E-state index in [0.29, 0.717) is 19.5 Å². The number of benzene rings is 1.